The van der Waals surface area contributed by atoms with Gasteiger partial charge in [0.15, 0.2) is 0 Å². The highest BCUT2D eigenvalue weighted by Gasteiger charge is 2.31. The summed E-state index contributed by atoms with van der Waals surface area (Å²) in [5.41, 5.74) is -0.528. The summed E-state index contributed by atoms with van der Waals surface area (Å²) >= 11 is 9.08. The summed E-state index contributed by atoms with van der Waals surface area (Å²) in [6.07, 6.45) is 0.437. The molecule has 104 valence electrons. The molecule has 1 aromatic carbocycles. The van der Waals surface area contributed by atoms with E-state index in [0.717, 1.165) is 0 Å². The Labute approximate surface area is 125 Å². The molecule has 6 heteroatoms. The van der Waals surface area contributed by atoms with Gasteiger partial charge in [-0.25, -0.2) is 0 Å². The van der Waals surface area contributed by atoms with Gasteiger partial charge in [0.2, 0.25) is 0 Å². The van der Waals surface area contributed by atoms with Crippen LogP contribution in [-0.2, 0) is 4.79 Å². The van der Waals surface area contributed by atoms with Crippen LogP contribution in [0.4, 0.5) is 0 Å². The number of carbonyl (C=O) groups excluding carboxylic acids is 1. The maximum atomic E-state index is 11.9. The molecule has 4 nitrogen and oxygen atoms in total. The zero-order valence-electron chi connectivity index (χ0n) is 10.7. The molecule has 0 aliphatic heterocycles. The van der Waals surface area contributed by atoms with Crippen molar-refractivity contribution in [2.24, 2.45) is 5.41 Å². The molecule has 1 unspecified atom stereocenters. The van der Waals surface area contributed by atoms with Crippen molar-refractivity contribution in [2.75, 3.05) is 6.54 Å². The van der Waals surface area contributed by atoms with Gasteiger partial charge in [-0.05, 0) is 47.5 Å². The quantitative estimate of drug-likeness (QED) is 0.857. The predicted octanol–water partition coefficient (Wildman–Crippen LogP) is 3.33. The van der Waals surface area contributed by atoms with Crippen LogP contribution in [0, 0.1) is 5.41 Å². The van der Waals surface area contributed by atoms with E-state index >= 15 is 0 Å². The van der Waals surface area contributed by atoms with E-state index in [4.69, 9.17) is 16.7 Å². The van der Waals surface area contributed by atoms with Crippen molar-refractivity contribution in [2.45, 2.75) is 20.3 Å². The second-order valence-corrected chi connectivity index (χ2v) is 5.79. The minimum Gasteiger partial charge on any atom is -0.481 e. The lowest BCUT2D eigenvalue weighted by Crippen LogP contribution is -2.40. The van der Waals surface area contributed by atoms with Crippen LogP contribution in [0.2, 0.25) is 5.02 Å². The van der Waals surface area contributed by atoms with E-state index in [1.165, 1.54) is 0 Å². The number of amides is 1. The lowest BCUT2D eigenvalue weighted by atomic mass is 9.87. The zero-order chi connectivity index (χ0) is 14.6. The van der Waals surface area contributed by atoms with Crippen molar-refractivity contribution >= 4 is 39.4 Å². The zero-order valence-corrected chi connectivity index (χ0v) is 13.0. The fourth-order valence-electron chi connectivity index (χ4n) is 1.37. The number of carbonyl (C=O) groups is 2. The summed E-state index contributed by atoms with van der Waals surface area (Å²) in [4.78, 5) is 23.0. The van der Waals surface area contributed by atoms with Gasteiger partial charge in [-0.15, -0.1) is 0 Å². The molecule has 1 atom stereocenters. The smallest absolute Gasteiger partial charge is 0.311 e. The number of carboxylic acid groups (broad SMARTS) is 1. The van der Waals surface area contributed by atoms with Crippen molar-refractivity contribution in [3.8, 4) is 0 Å². The van der Waals surface area contributed by atoms with Crippen molar-refractivity contribution in [1.29, 1.82) is 0 Å². The Morgan fingerprint density at radius 2 is 2.11 bits per heavy atom. The van der Waals surface area contributed by atoms with Crippen LogP contribution in [0.25, 0.3) is 0 Å². The average Bonchev–Trinajstić information content (AvgIpc) is 2.38. The van der Waals surface area contributed by atoms with Crippen molar-refractivity contribution in [3.05, 3.63) is 33.3 Å². The predicted molar refractivity (Wildman–Crippen MR) is 77.5 cm³/mol. The fraction of sp³-hybridized carbons (Fsp3) is 0.385. The first-order valence-corrected chi connectivity index (χ1v) is 6.94. The molecular weight excluding hydrogens is 334 g/mol. The molecular formula is C13H15BrClNO3. The number of rotatable bonds is 5. The van der Waals surface area contributed by atoms with E-state index in [0.29, 0.717) is 21.5 Å². The van der Waals surface area contributed by atoms with Gasteiger partial charge in [-0.1, -0.05) is 18.5 Å². The summed E-state index contributed by atoms with van der Waals surface area (Å²) in [6.45, 7) is 3.46. The highest BCUT2D eigenvalue weighted by molar-refractivity contribution is 9.10. The molecule has 19 heavy (non-hydrogen) atoms. The van der Waals surface area contributed by atoms with Gasteiger partial charge in [0.25, 0.3) is 5.91 Å². The third-order valence-electron chi connectivity index (χ3n) is 3.12. The molecule has 1 aromatic rings. The van der Waals surface area contributed by atoms with Gasteiger partial charge in [-0.3, -0.25) is 9.59 Å². The summed E-state index contributed by atoms with van der Waals surface area (Å²) in [6, 6.07) is 4.80. The average molecular weight is 349 g/mol. The van der Waals surface area contributed by atoms with Gasteiger partial charge in [0, 0.05) is 16.6 Å². The van der Waals surface area contributed by atoms with Gasteiger partial charge >= 0.3 is 5.97 Å². The number of nitrogens with one attached hydrogen (secondary N) is 1. The van der Waals surface area contributed by atoms with Gasteiger partial charge in [0.05, 0.1) is 10.4 Å². The van der Waals surface area contributed by atoms with Crippen LogP contribution in [-0.4, -0.2) is 23.5 Å². The molecule has 0 spiro atoms. The topological polar surface area (TPSA) is 66.4 Å². The molecule has 0 aliphatic carbocycles. The normalized spacial score (nSPS) is 13.7. The van der Waals surface area contributed by atoms with E-state index < -0.39 is 11.4 Å². The lowest BCUT2D eigenvalue weighted by molar-refractivity contribution is -0.147. The molecule has 1 amide bonds. The number of benzene rings is 1. The molecule has 0 radical (unpaired) electrons. The number of halogens is 2. The third kappa shape index (κ3) is 3.94. The van der Waals surface area contributed by atoms with Crippen LogP contribution in [0.5, 0.6) is 0 Å². The Bertz CT molecular complexity index is 507. The number of hydrogen-bond donors (Lipinski definition) is 2. The maximum absolute atomic E-state index is 11.9. The van der Waals surface area contributed by atoms with E-state index in [-0.39, 0.29) is 12.5 Å². The molecule has 0 saturated carbocycles. The van der Waals surface area contributed by atoms with Crippen molar-refractivity contribution in [1.82, 2.24) is 5.32 Å². The minimum atomic E-state index is -0.959. The summed E-state index contributed by atoms with van der Waals surface area (Å²) in [5, 5.41) is 12.3. The van der Waals surface area contributed by atoms with Crippen LogP contribution in [0.3, 0.4) is 0 Å². The Hall–Kier alpha value is -1.07. The Balaban J connectivity index is 2.75. The molecule has 2 N–H and O–H groups in total. The first-order valence-electron chi connectivity index (χ1n) is 5.77. The first-order chi connectivity index (χ1) is 8.80. The standard InChI is InChI=1S/C13H15BrClNO3/c1-3-13(2,12(18)19)7-16-11(17)8-4-5-10(15)9(14)6-8/h4-6H,3,7H2,1-2H3,(H,16,17)(H,18,19). The molecule has 0 aromatic heterocycles. The number of hydrogen-bond acceptors (Lipinski definition) is 2. The highest BCUT2D eigenvalue weighted by atomic mass is 79.9. The van der Waals surface area contributed by atoms with Crippen molar-refractivity contribution in [3.63, 3.8) is 0 Å². The van der Waals surface area contributed by atoms with E-state index in [9.17, 15) is 9.59 Å². The molecule has 1 rings (SSSR count). The van der Waals surface area contributed by atoms with Crippen LogP contribution in [0.1, 0.15) is 30.6 Å². The van der Waals surface area contributed by atoms with Crippen LogP contribution >= 0.6 is 27.5 Å². The van der Waals surface area contributed by atoms with Crippen molar-refractivity contribution < 1.29 is 14.7 Å². The third-order valence-corrected chi connectivity index (χ3v) is 4.33. The largest absolute Gasteiger partial charge is 0.481 e. The second kappa shape index (κ2) is 6.39. The fourth-order valence-corrected chi connectivity index (χ4v) is 1.86. The summed E-state index contributed by atoms with van der Waals surface area (Å²) in [7, 11) is 0. The van der Waals surface area contributed by atoms with Gasteiger partial charge in [0.1, 0.15) is 0 Å². The summed E-state index contributed by atoms with van der Waals surface area (Å²) < 4.78 is 0.623. The number of carboxylic acids is 1. The Morgan fingerprint density at radius 3 is 2.58 bits per heavy atom. The maximum Gasteiger partial charge on any atom is 0.311 e. The van der Waals surface area contributed by atoms with Crippen LogP contribution < -0.4 is 5.32 Å². The van der Waals surface area contributed by atoms with Gasteiger partial charge < -0.3 is 10.4 Å². The van der Waals surface area contributed by atoms with E-state index in [2.05, 4.69) is 21.2 Å². The summed E-state index contributed by atoms with van der Waals surface area (Å²) in [5.74, 6) is -1.24. The van der Waals surface area contributed by atoms with Gasteiger partial charge in [-0.2, -0.15) is 0 Å². The lowest BCUT2D eigenvalue weighted by Gasteiger charge is -2.23. The molecule has 0 heterocycles. The Morgan fingerprint density at radius 1 is 1.47 bits per heavy atom. The monoisotopic (exact) mass is 347 g/mol. The Kier molecular flexibility index (Phi) is 5.38. The van der Waals surface area contributed by atoms with E-state index in [1.54, 1.807) is 32.0 Å². The molecule has 0 bridgehead atoms. The van der Waals surface area contributed by atoms with Crippen LogP contribution in [0.15, 0.2) is 22.7 Å². The second-order valence-electron chi connectivity index (χ2n) is 4.53. The molecule has 0 aliphatic rings. The highest BCUT2D eigenvalue weighted by Crippen LogP contribution is 2.24. The first kappa shape index (κ1) is 16.0. The molecule has 0 saturated heterocycles. The SMILES string of the molecule is CCC(C)(CNC(=O)c1ccc(Cl)c(Br)c1)C(=O)O. The molecule has 0 fully saturated rings. The van der Waals surface area contributed by atoms with E-state index in [1.807, 2.05) is 0 Å². The number of aliphatic carboxylic acids is 1. The minimum absolute atomic E-state index is 0.0813.